The Morgan fingerprint density at radius 2 is 0.471 bits per heavy atom. The zero-order valence-electron chi connectivity index (χ0n) is 45.2. The first-order valence-electron chi connectivity index (χ1n) is 27.6. The molecule has 21 aliphatic rings. The zero-order valence-corrected chi connectivity index (χ0v) is 46.1. The molecule has 0 saturated carbocycles. The van der Waals surface area contributed by atoms with Crippen LogP contribution in [-0.2, 0) is 72.1 Å². The molecule has 21 fully saturated rings. The SMILES string of the molecule is Cc1ccc(CS[C@@H]2[C@@H](O)[C@H]3O[C@H]4[C@@H](O)[C@H](O)[C@@H](O[C@H]5[C@H](O)[C@@H](O)[C@@H](O[C@H]6[C@H](O)[C@@H](O)[C@@H](O[C@H]7[C@H](O)[C@@H](O)[C@@H](O[C@H]8[C@H](O)[C@@H](O)[C@@H](O[C@H]9[C@H](O)[C@@H](O)[C@@H](O[C@@H]2[C@@H](CO)O3)O[C@@H]9CO)O[C@@H]8CO)O[C@@H]7CO)O[C@@H]6CO)O[C@@H]5CO)O[C@@H]4CO)cc1. The maximum absolute atomic E-state index is 12.2. The number of ether oxygens (including phenoxy) is 14. The summed E-state index contributed by atoms with van der Waals surface area (Å²) >= 11 is 1.03. The van der Waals surface area contributed by atoms with E-state index < -0.39 is 260 Å². The van der Waals surface area contributed by atoms with Crippen LogP contribution in [0.5, 0.6) is 0 Å². The molecular weight excluding hydrogens is 1180 g/mol. The van der Waals surface area contributed by atoms with Gasteiger partial charge in [-0.05, 0) is 12.5 Å². The maximum atomic E-state index is 12.2. The van der Waals surface area contributed by atoms with E-state index in [0.29, 0.717) is 0 Å². The average molecular weight is 1260 g/mol. The summed E-state index contributed by atoms with van der Waals surface area (Å²) in [7, 11) is 0. The van der Waals surface area contributed by atoms with E-state index in [9.17, 15) is 102 Å². The standard InChI is InChI=1S/C50H78O34S/c1-14-2-4-15(5-3-14)13-85-43-35(70)50-77-22(12-57)42(43)84-49-34(69)28(63)40(20(10-55)76-49)82-47-32(67)26(61)38(18(8-53)74-47)80-45-30(65)24(59)36(16(6-51)72-45)78-44-29(64)23(58)37(17(7-52)71-44)79-46-31(66)25(60)39(19(9-54)73-46)81-48-33(68)27(62)41(83-50)21(11-56)75-48/h2-5,16-70H,6-13H2,1H3/t16-,17-,18-,19-,20-,21-,22-,23-,24-,25-,26-,27+,28-,29-,30-,31-,32-,33+,34-,35-,36-,37-,38-,39-,40-,41-,42-,43-,44-,45-,46-,47-,48-,49-,50-/m1/s1. The molecule has 21 aliphatic heterocycles. The van der Waals surface area contributed by atoms with E-state index in [1.807, 2.05) is 19.1 Å². The third kappa shape index (κ3) is 13.9. The fourth-order valence-electron chi connectivity index (χ4n) is 11.5. The van der Waals surface area contributed by atoms with Gasteiger partial charge < -0.3 is 168 Å². The number of aryl methyl sites for hydroxylation is 1. The molecule has 34 nitrogen and oxygen atoms in total. The molecule has 14 bridgehead atoms. The molecule has 21 heterocycles. The van der Waals surface area contributed by atoms with Gasteiger partial charge in [-0.3, -0.25) is 0 Å². The van der Waals surface area contributed by atoms with Crippen molar-refractivity contribution in [3.05, 3.63) is 35.4 Å². The number of hydrogen-bond acceptors (Lipinski definition) is 35. The first-order valence-corrected chi connectivity index (χ1v) is 28.6. The van der Waals surface area contributed by atoms with Crippen LogP contribution in [0.2, 0.25) is 0 Å². The lowest BCUT2D eigenvalue weighted by molar-refractivity contribution is -0.396. The molecule has 35 heteroatoms. The summed E-state index contributed by atoms with van der Waals surface area (Å²) in [6.07, 6.45) is -66.3. The third-order valence-electron chi connectivity index (χ3n) is 16.3. The Kier molecular flexibility index (Phi) is 23.2. The van der Waals surface area contributed by atoms with Crippen molar-refractivity contribution < 1.29 is 168 Å². The van der Waals surface area contributed by atoms with Crippen LogP contribution < -0.4 is 0 Å². The van der Waals surface area contributed by atoms with E-state index in [2.05, 4.69) is 0 Å². The summed E-state index contributed by atoms with van der Waals surface area (Å²) in [5, 5.41) is 222. The van der Waals surface area contributed by atoms with Gasteiger partial charge in [-0.15, -0.1) is 11.8 Å². The van der Waals surface area contributed by atoms with Gasteiger partial charge in [0.2, 0.25) is 0 Å². The molecule has 1 aromatic carbocycles. The molecular formula is C50H78O34S. The largest absolute Gasteiger partial charge is 0.394 e. The van der Waals surface area contributed by atoms with E-state index in [1.54, 1.807) is 12.1 Å². The van der Waals surface area contributed by atoms with Crippen molar-refractivity contribution in [2.45, 2.75) is 227 Å². The summed E-state index contributed by atoms with van der Waals surface area (Å²) in [5.41, 5.74) is 1.64. The topological polar surface area (TPSA) is 534 Å². The second-order valence-corrected chi connectivity index (χ2v) is 23.1. The Labute approximate surface area is 487 Å². The van der Waals surface area contributed by atoms with Gasteiger partial charge in [0.15, 0.2) is 44.0 Å². The molecule has 1 aromatic rings. The highest BCUT2D eigenvalue weighted by atomic mass is 32.2. The van der Waals surface area contributed by atoms with Crippen LogP contribution in [-0.4, -0.2) is 362 Å². The minimum Gasteiger partial charge on any atom is -0.394 e. The van der Waals surface area contributed by atoms with Gasteiger partial charge in [0, 0.05) is 5.75 Å². The van der Waals surface area contributed by atoms with Crippen LogP contribution in [0.3, 0.4) is 0 Å². The first-order chi connectivity index (χ1) is 40.6. The third-order valence-corrected chi connectivity index (χ3v) is 17.8. The number of aliphatic hydroxyl groups excluding tert-OH is 20. The molecule has 488 valence electrons. The number of benzene rings is 1. The quantitative estimate of drug-likeness (QED) is 0.103. The molecule has 0 unspecified atom stereocenters. The maximum Gasteiger partial charge on any atom is 0.187 e. The lowest BCUT2D eigenvalue weighted by Gasteiger charge is -2.50. The normalized spacial score (nSPS) is 51.2. The fourth-order valence-corrected chi connectivity index (χ4v) is 12.8. The van der Waals surface area contributed by atoms with Crippen molar-refractivity contribution in [2.24, 2.45) is 0 Å². The molecule has 0 radical (unpaired) electrons. The first kappa shape index (κ1) is 67.6. The fraction of sp³-hybridized carbons (Fsp3) is 0.880. The number of rotatable bonds is 10. The van der Waals surface area contributed by atoms with Crippen LogP contribution in [0.4, 0.5) is 0 Å². The Hall–Kier alpha value is -1.79. The number of thioether (sulfide) groups is 1. The lowest BCUT2D eigenvalue weighted by atomic mass is 9.95. The second kappa shape index (κ2) is 29.2. The van der Waals surface area contributed by atoms with Crippen molar-refractivity contribution in [3.8, 4) is 0 Å². The zero-order chi connectivity index (χ0) is 61.5. The van der Waals surface area contributed by atoms with Gasteiger partial charge in [-0.2, -0.15) is 0 Å². The molecule has 22 rings (SSSR count). The minimum absolute atomic E-state index is 0.132. The van der Waals surface area contributed by atoms with Gasteiger partial charge in [-0.25, -0.2) is 0 Å². The van der Waals surface area contributed by atoms with E-state index in [4.69, 9.17) is 66.3 Å². The molecule has 0 amide bonds. The van der Waals surface area contributed by atoms with Gasteiger partial charge in [0.1, 0.15) is 165 Å². The predicted octanol–water partition coefficient (Wildman–Crippen LogP) is -12.0. The number of hydrogen-bond donors (Lipinski definition) is 20. The Morgan fingerprint density at radius 1 is 0.271 bits per heavy atom. The van der Waals surface area contributed by atoms with Crippen LogP contribution in [0.1, 0.15) is 11.1 Å². The molecule has 0 aromatic heterocycles. The van der Waals surface area contributed by atoms with Crippen molar-refractivity contribution in [1.82, 2.24) is 0 Å². The summed E-state index contributed by atoms with van der Waals surface area (Å²) < 4.78 is 81.9. The van der Waals surface area contributed by atoms with Gasteiger partial charge in [-0.1, -0.05) is 29.8 Å². The van der Waals surface area contributed by atoms with E-state index in [1.165, 1.54) is 0 Å². The Morgan fingerprint density at radius 3 is 0.694 bits per heavy atom. The van der Waals surface area contributed by atoms with Gasteiger partial charge >= 0.3 is 0 Å². The average Bonchev–Trinajstić information content (AvgIpc) is 1.31. The van der Waals surface area contributed by atoms with Gasteiger partial charge in [0.25, 0.3) is 0 Å². The summed E-state index contributed by atoms with van der Waals surface area (Å²) in [5.74, 6) is 0.132. The summed E-state index contributed by atoms with van der Waals surface area (Å²) in [4.78, 5) is 0. The monoisotopic (exact) mass is 1250 g/mol. The molecule has 85 heavy (non-hydrogen) atoms. The highest BCUT2D eigenvalue weighted by Gasteiger charge is 2.59. The van der Waals surface area contributed by atoms with E-state index in [-0.39, 0.29) is 5.75 Å². The molecule has 21 saturated heterocycles. The second-order valence-electron chi connectivity index (χ2n) is 21.9. The highest BCUT2D eigenvalue weighted by Crippen LogP contribution is 2.41. The smallest absolute Gasteiger partial charge is 0.187 e. The summed E-state index contributed by atoms with van der Waals surface area (Å²) in [6, 6.07) is 7.22. The summed E-state index contributed by atoms with van der Waals surface area (Å²) in [6.45, 7) is -5.21. The van der Waals surface area contributed by atoms with Crippen LogP contribution in [0.15, 0.2) is 24.3 Å². The Balaban J connectivity index is 1.02. The lowest BCUT2D eigenvalue weighted by Crippen LogP contribution is -2.68. The van der Waals surface area contributed by atoms with Crippen molar-refractivity contribution in [1.29, 1.82) is 0 Å². The van der Waals surface area contributed by atoms with Gasteiger partial charge in [0.05, 0.1) is 51.5 Å². The van der Waals surface area contributed by atoms with E-state index in [0.717, 1.165) is 22.9 Å². The highest BCUT2D eigenvalue weighted by molar-refractivity contribution is 7.99. The minimum atomic E-state index is -2.20. The Bertz CT molecular complexity index is 2200. The van der Waals surface area contributed by atoms with Crippen LogP contribution in [0.25, 0.3) is 0 Å². The van der Waals surface area contributed by atoms with Crippen LogP contribution in [0, 0.1) is 6.92 Å². The van der Waals surface area contributed by atoms with E-state index >= 15 is 0 Å². The molecule has 35 atom stereocenters. The number of aliphatic hydroxyl groups is 20. The molecule has 20 N–H and O–H groups in total. The predicted molar refractivity (Wildman–Crippen MR) is 269 cm³/mol. The van der Waals surface area contributed by atoms with Crippen molar-refractivity contribution >= 4 is 11.8 Å². The van der Waals surface area contributed by atoms with Crippen LogP contribution >= 0.6 is 11.8 Å². The molecule has 0 aliphatic carbocycles. The van der Waals surface area contributed by atoms with Crippen molar-refractivity contribution in [3.63, 3.8) is 0 Å². The van der Waals surface area contributed by atoms with Crippen molar-refractivity contribution in [2.75, 3.05) is 46.2 Å². The molecule has 0 spiro atoms.